The smallest absolute Gasteiger partial charge is 0.338 e. The van der Waals surface area contributed by atoms with Gasteiger partial charge in [0.25, 0.3) is 0 Å². The Kier molecular flexibility index (Phi) is 13.1. The number of hydrogen-bond donors (Lipinski definition) is 0. The largest absolute Gasteiger partial charge is 0.458 e. The zero-order chi connectivity index (χ0) is 37.2. The van der Waals surface area contributed by atoms with Crippen LogP contribution < -0.4 is 0 Å². The Morgan fingerprint density at radius 3 is 1.52 bits per heavy atom. The molecular weight excluding hydrogens is 680 g/mol. The topological polar surface area (TPSA) is 168 Å². The van der Waals surface area contributed by atoms with Crippen molar-refractivity contribution in [2.75, 3.05) is 13.7 Å². The van der Waals surface area contributed by atoms with Gasteiger partial charge >= 0.3 is 29.8 Å². The van der Waals surface area contributed by atoms with E-state index in [0.29, 0.717) is 0 Å². The molecule has 0 N–H and O–H groups in total. The molecule has 3 aromatic carbocycles. The van der Waals surface area contributed by atoms with Crippen molar-refractivity contribution in [2.24, 2.45) is 0 Å². The molecule has 14 heteroatoms. The molecule has 2 heterocycles. The second kappa shape index (κ2) is 17.9. The molecule has 52 heavy (non-hydrogen) atoms. The highest BCUT2D eigenvalue weighted by molar-refractivity contribution is 5.91. The van der Waals surface area contributed by atoms with E-state index in [4.69, 9.17) is 42.6 Å². The van der Waals surface area contributed by atoms with E-state index < -0.39 is 85.2 Å². The number of esters is 5. The zero-order valence-corrected chi connectivity index (χ0v) is 29.0. The Morgan fingerprint density at radius 2 is 1.06 bits per heavy atom. The van der Waals surface area contributed by atoms with Crippen LogP contribution in [0, 0.1) is 0 Å². The van der Waals surface area contributed by atoms with E-state index in [2.05, 4.69) is 0 Å². The SMILES string of the molecule is CO[C@H]1OC(CO[C@H]2C[C@@H](OC(C)=O)[C@H](OC(C)=O)C(C)O2)[C@@H](OC(=O)c2ccccc2)C(OC(=O)c2ccccc2)C1OC(=O)c1ccccc1. The fourth-order valence-corrected chi connectivity index (χ4v) is 5.90. The lowest BCUT2D eigenvalue weighted by atomic mass is 9.97. The third-order valence-electron chi connectivity index (χ3n) is 8.27. The summed E-state index contributed by atoms with van der Waals surface area (Å²) in [4.78, 5) is 64.2. The molecule has 0 saturated carbocycles. The first-order valence-electron chi connectivity index (χ1n) is 16.6. The highest BCUT2D eigenvalue weighted by Crippen LogP contribution is 2.33. The summed E-state index contributed by atoms with van der Waals surface area (Å²) in [5, 5.41) is 0. The van der Waals surface area contributed by atoms with Crippen LogP contribution in [0.15, 0.2) is 91.0 Å². The molecule has 0 aromatic heterocycles. The van der Waals surface area contributed by atoms with Gasteiger partial charge in [0.05, 0.1) is 29.4 Å². The summed E-state index contributed by atoms with van der Waals surface area (Å²) in [6, 6.07) is 24.3. The van der Waals surface area contributed by atoms with Gasteiger partial charge in [-0.05, 0) is 43.3 Å². The third-order valence-corrected chi connectivity index (χ3v) is 8.27. The number of carbonyl (C=O) groups excluding carboxylic acids is 5. The maximum atomic E-state index is 13.6. The first kappa shape index (κ1) is 38.1. The lowest BCUT2D eigenvalue weighted by Gasteiger charge is -2.45. The molecule has 4 unspecified atom stereocenters. The lowest BCUT2D eigenvalue weighted by molar-refractivity contribution is -0.309. The monoisotopic (exact) mass is 720 g/mol. The molecule has 3 aromatic rings. The summed E-state index contributed by atoms with van der Waals surface area (Å²) in [6.07, 6.45) is -10.5. The normalized spacial score (nSPS) is 27.0. The van der Waals surface area contributed by atoms with E-state index in [1.165, 1.54) is 33.1 Å². The van der Waals surface area contributed by atoms with Gasteiger partial charge in [-0.2, -0.15) is 0 Å². The van der Waals surface area contributed by atoms with Crippen LogP contribution in [-0.4, -0.2) is 98.9 Å². The second-order valence-corrected chi connectivity index (χ2v) is 12.0. The van der Waals surface area contributed by atoms with Gasteiger partial charge in [-0.15, -0.1) is 0 Å². The van der Waals surface area contributed by atoms with Gasteiger partial charge in [0, 0.05) is 27.4 Å². The molecule has 0 radical (unpaired) electrons. The molecule has 9 atom stereocenters. The molecule has 0 spiro atoms. The van der Waals surface area contributed by atoms with Crippen molar-refractivity contribution in [1.29, 1.82) is 0 Å². The van der Waals surface area contributed by atoms with Crippen molar-refractivity contribution in [3.05, 3.63) is 108 Å². The molecular formula is C38H40O14. The van der Waals surface area contributed by atoms with E-state index in [9.17, 15) is 24.0 Å². The molecule has 276 valence electrons. The Morgan fingerprint density at radius 1 is 0.596 bits per heavy atom. The summed E-state index contributed by atoms with van der Waals surface area (Å²) in [7, 11) is 1.31. The average molecular weight is 721 g/mol. The van der Waals surface area contributed by atoms with E-state index in [-0.39, 0.29) is 29.7 Å². The summed E-state index contributed by atoms with van der Waals surface area (Å²) in [5.41, 5.74) is 0.569. The predicted molar refractivity (Wildman–Crippen MR) is 179 cm³/mol. The third kappa shape index (κ3) is 9.79. The Bertz CT molecular complexity index is 1670. The number of ether oxygens (including phenoxy) is 9. The van der Waals surface area contributed by atoms with Crippen LogP contribution >= 0.6 is 0 Å². The molecule has 0 aliphatic carbocycles. The Balaban J connectivity index is 1.47. The molecule has 2 aliphatic rings. The highest BCUT2D eigenvalue weighted by Gasteiger charge is 2.53. The number of benzene rings is 3. The minimum atomic E-state index is -1.48. The number of rotatable bonds is 12. The molecule has 5 rings (SSSR count). The Labute approximate surface area is 300 Å². The number of hydrogen-bond acceptors (Lipinski definition) is 14. The van der Waals surface area contributed by atoms with Crippen LogP contribution in [0.1, 0.15) is 58.3 Å². The van der Waals surface area contributed by atoms with Gasteiger partial charge in [0.2, 0.25) is 0 Å². The van der Waals surface area contributed by atoms with Gasteiger partial charge in [0.15, 0.2) is 37.0 Å². The number of carbonyl (C=O) groups is 5. The molecule has 0 amide bonds. The van der Waals surface area contributed by atoms with Crippen molar-refractivity contribution in [3.63, 3.8) is 0 Å². The predicted octanol–water partition coefficient (Wildman–Crippen LogP) is 4.05. The first-order valence-corrected chi connectivity index (χ1v) is 16.6. The molecule has 0 bridgehead atoms. The van der Waals surface area contributed by atoms with E-state index in [1.807, 2.05) is 0 Å². The van der Waals surface area contributed by atoms with Gasteiger partial charge in [-0.3, -0.25) is 9.59 Å². The minimum Gasteiger partial charge on any atom is -0.458 e. The van der Waals surface area contributed by atoms with Crippen LogP contribution in [0.2, 0.25) is 0 Å². The fourth-order valence-electron chi connectivity index (χ4n) is 5.90. The molecule has 2 fully saturated rings. The summed E-state index contributed by atoms with van der Waals surface area (Å²) in [5.74, 6) is -3.54. The van der Waals surface area contributed by atoms with Crippen LogP contribution in [0.5, 0.6) is 0 Å². The van der Waals surface area contributed by atoms with Crippen molar-refractivity contribution >= 4 is 29.8 Å². The van der Waals surface area contributed by atoms with Crippen molar-refractivity contribution in [1.82, 2.24) is 0 Å². The fraction of sp³-hybridized carbons (Fsp3) is 0.395. The first-order chi connectivity index (χ1) is 25.0. The maximum Gasteiger partial charge on any atom is 0.338 e. The summed E-state index contributed by atoms with van der Waals surface area (Å²) >= 11 is 0. The average Bonchev–Trinajstić information content (AvgIpc) is 3.14. The van der Waals surface area contributed by atoms with E-state index >= 15 is 0 Å². The van der Waals surface area contributed by atoms with Crippen LogP contribution in [-0.2, 0) is 52.2 Å². The van der Waals surface area contributed by atoms with Crippen molar-refractivity contribution in [2.45, 2.75) is 82.5 Å². The van der Waals surface area contributed by atoms with E-state index in [0.717, 1.165) is 0 Å². The van der Waals surface area contributed by atoms with Gasteiger partial charge in [-0.1, -0.05) is 54.6 Å². The highest BCUT2D eigenvalue weighted by atomic mass is 16.7. The van der Waals surface area contributed by atoms with Gasteiger partial charge in [0.1, 0.15) is 12.2 Å². The molecule has 2 saturated heterocycles. The summed E-state index contributed by atoms with van der Waals surface area (Å²) in [6.45, 7) is 3.75. The summed E-state index contributed by atoms with van der Waals surface area (Å²) < 4.78 is 52.7. The van der Waals surface area contributed by atoms with E-state index in [1.54, 1.807) is 85.8 Å². The quantitative estimate of drug-likeness (QED) is 0.194. The second-order valence-electron chi connectivity index (χ2n) is 12.0. The Hall–Kier alpha value is -5.15. The van der Waals surface area contributed by atoms with Crippen LogP contribution in [0.4, 0.5) is 0 Å². The molecule has 14 nitrogen and oxygen atoms in total. The van der Waals surface area contributed by atoms with Crippen molar-refractivity contribution < 1.29 is 66.6 Å². The standard InChI is InChI=1S/C38H40O14/c1-22-31(48-24(3)40)28(47-23(2)39)20-30(46-22)45-21-29-32(50-35(41)25-14-8-5-9-15-25)33(51-36(42)26-16-10-6-11-17-26)34(38(44-4)49-29)52-37(43)27-18-12-7-13-19-27/h5-19,22,28-34,38H,20-21H2,1-4H3/t22?,28-,29?,30-,31-,32-,33?,34?,38+/m1/s1. The van der Waals surface area contributed by atoms with Crippen molar-refractivity contribution in [3.8, 4) is 0 Å². The van der Waals surface area contributed by atoms with Crippen LogP contribution in [0.3, 0.4) is 0 Å². The van der Waals surface area contributed by atoms with Gasteiger partial charge in [-0.25, -0.2) is 14.4 Å². The zero-order valence-electron chi connectivity index (χ0n) is 29.0. The molecule has 2 aliphatic heterocycles. The lowest BCUT2D eigenvalue weighted by Crippen LogP contribution is -2.63. The minimum absolute atomic E-state index is 0.0273. The maximum absolute atomic E-state index is 13.6. The van der Waals surface area contributed by atoms with Gasteiger partial charge < -0.3 is 42.6 Å². The number of methoxy groups -OCH3 is 1. The van der Waals surface area contributed by atoms with Crippen LogP contribution in [0.25, 0.3) is 0 Å².